The number of nitrogens with zero attached hydrogens (tertiary/aromatic N) is 1. The van der Waals surface area contributed by atoms with E-state index in [1.807, 2.05) is 32.3 Å². The highest BCUT2D eigenvalue weighted by Gasteiger charge is 2.22. The third-order valence-electron chi connectivity index (χ3n) is 4.63. The number of aromatic amines is 1. The number of aryl methyl sites for hydroxylation is 1. The molecular formula is C19H25N3O. The second-order valence-electron chi connectivity index (χ2n) is 6.30. The molecule has 0 saturated heterocycles. The molecule has 0 bridgehead atoms. The standard InChI is InChI=1S/C19H25N3O/c1-5-12(2)10-17(20-4)19-22-13(3)18(23-19)15-11-21-16-9-7-6-8-14(15)16/h6-9,11-12,17,20-21H,5,10H2,1-4H3/t12-,17-/m1/s1. The minimum absolute atomic E-state index is 0.155. The van der Waals surface area contributed by atoms with Crippen LogP contribution in [0, 0.1) is 12.8 Å². The average Bonchev–Trinajstić information content (AvgIpc) is 3.15. The summed E-state index contributed by atoms with van der Waals surface area (Å²) in [4.78, 5) is 7.99. The summed E-state index contributed by atoms with van der Waals surface area (Å²) in [5.41, 5.74) is 3.13. The van der Waals surface area contributed by atoms with Gasteiger partial charge in [0.1, 0.15) is 0 Å². The third kappa shape index (κ3) is 3.04. The maximum atomic E-state index is 6.17. The van der Waals surface area contributed by atoms with Crippen LogP contribution < -0.4 is 5.32 Å². The molecule has 23 heavy (non-hydrogen) atoms. The molecule has 0 unspecified atom stereocenters. The summed E-state index contributed by atoms with van der Waals surface area (Å²) in [7, 11) is 1.97. The van der Waals surface area contributed by atoms with Gasteiger partial charge in [-0.25, -0.2) is 4.98 Å². The van der Waals surface area contributed by atoms with E-state index in [0.717, 1.165) is 41.3 Å². The first-order valence-electron chi connectivity index (χ1n) is 8.35. The van der Waals surface area contributed by atoms with Crippen LogP contribution >= 0.6 is 0 Å². The first kappa shape index (κ1) is 15.8. The predicted molar refractivity (Wildman–Crippen MR) is 94.4 cm³/mol. The second-order valence-corrected chi connectivity index (χ2v) is 6.30. The Morgan fingerprint density at radius 2 is 2.09 bits per heavy atom. The normalized spacial score (nSPS) is 14.3. The van der Waals surface area contributed by atoms with E-state index >= 15 is 0 Å². The minimum Gasteiger partial charge on any atom is -0.439 e. The SMILES string of the molecule is CC[C@@H](C)C[C@@H](NC)c1nc(C)c(-c2c[nH]c3ccccc23)o1. The molecule has 3 rings (SSSR count). The van der Waals surface area contributed by atoms with E-state index in [1.54, 1.807) is 0 Å². The van der Waals surface area contributed by atoms with Crippen LogP contribution in [0.4, 0.5) is 0 Å². The van der Waals surface area contributed by atoms with Gasteiger partial charge in [-0.3, -0.25) is 0 Å². The fraction of sp³-hybridized carbons (Fsp3) is 0.421. The van der Waals surface area contributed by atoms with Crippen LogP contribution in [-0.2, 0) is 0 Å². The van der Waals surface area contributed by atoms with Crippen molar-refractivity contribution in [2.75, 3.05) is 7.05 Å². The molecule has 0 aliphatic carbocycles. The predicted octanol–water partition coefficient (Wildman–Crippen LogP) is 4.83. The molecule has 4 nitrogen and oxygen atoms in total. The molecule has 3 aromatic rings. The largest absolute Gasteiger partial charge is 0.439 e. The lowest BCUT2D eigenvalue weighted by atomic mass is 9.99. The summed E-state index contributed by atoms with van der Waals surface area (Å²) < 4.78 is 6.17. The van der Waals surface area contributed by atoms with Crippen LogP contribution in [0.3, 0.4) is 0 Å². The number of hydrogen-bond acceptors (Lipinski definition) is 3. The lowest BCUT2D eigenvalue weighted by Gasteiger charge is -2.16. The van der Waals surface area contributed by atoms with E-state index in [0.29, 0.717) is 5.92 Å². The van der Waals surface area contributed by atoms with Crippen LogP contribution in [0.2, 0.25) is 0 Å². The Bertz CT molecular complexity index is 787. The molecule has 2 heterocycles. The summed E-state index contributed by atoms with van der Waals surface area (Å²) in [6.07, 6.45) is 4.19. The van der Waals surface area contributed by atoms with Crippen molar-refractivity contribution in [2.45, 2.75) is 39.7 Å². The zero-order valence-corrected chi connectivity index (χ0v) is 14.3. The van der Waals surface area contributed by atoms with E-state index in [4.69, 9.17) is 4.42 Å². The van der Waals surface area contributed by atoms with Crippen molar-refractivity contribution in [2.24, 2.45) is 5.92 Å². The fourth-order valence-electron chi connectivity index (χ4n) is 2.99. The molecule has 0 saturated carbocycles. The molecule has 0 fully saturated rings. The number of H-pyrrole nitrogens is 1. The van der Waals surface area contributed by atoms with Crippen molar-refractivity contribution < 1.29 is 4.42 Å². The first-order valence-corrected chi connectivity index (χ1v) is 8.35. The Hall–Kier alpha value is -2.07. The summed E-state index contributed by atoms with van der Waals surface area (Å²) >= 11 is 0. The second kappa shape index (κ2) is 6.59. The highest BCUT2D eigenvalue weighted by atomic mass is 16.4. The maximum Gasteiger partial charge on any atom is 0.212 e. The van der Waals surface area contributed by atoms with Crippen LogP contribution in [0.25, 0.3) is 22.2 Å². The number of benzene rings is 1. The van der Waals surface area contributed by atoms with Crippen LogP contribution in [0.15, 0.2) is 34.9 Å². The van der Waals surface area contributed by atoms with Crippen molar-refractivity contribution in [3.63, 3.8) is 0 Å². The number of nitrogens with one attached hydrogen (secondary N) is 2. The number of hydrogen-bond donors (Lipinski definition) is 2. The topological polar surface area (TPSA) is 53.9 Å². The highest BCUT2D eigenvalue weighted by Crippen LogP contribution is 2.33. The van der Waals surface area contributed by atoms with Gasteiger partial charge in [0, 0.05) is 22.7 Å². The van der Waals surface area contributed by atoms with Crippen molar-refractivity contribution >= 4 is 10.9 Å². The lowest BCUT2D eigenvalue weighted by Crippen LogP contribution is -2.19. The van der Waals surface area contributed by atoms with Gasteiger partial charge < -0.3 is 14.7 Å². The molecule has 2 aromatic heterocycles. The van der Waals surface area contributed by atoms with E-state index in [9.17, 15) is 0 Å². The summed E-state index contributed by atoms with van der Waals surface area (Å²) in [6.45, 7) is 6.50. The highest BCUT2D eigenvalue weighted by molar-refractivity contribution is 5.94. The van der Waals surface area contributed by atoms with Crippen molar-refractivity contribution in [1.29, 1.82) is 0 Å². The molecule has 0 radical (unpaired) electrons. The maximum absolute atomic E-state index is 6.17. The minimum atomic E-state index is 0.155. The van der Waals surface area contributed by atoms with Gasteiger partial charge >= 0.3 is 0 Å². The Morgan fingerprint density at radius 1 is 1.30 bits per heavy atom. The van der Waals surface area contributed by atoms with Gasteiger partial charge in [-0.1, -0.05) is 38.5 Å². The number of para-hydroxylation sites is 1. The van der Waals surface area contributed by atoms with Crippen molar-refractivity contribution in [3.05, 3.63) is 42.0 Å². The molecule has 2 N–H and O–H groups in total. The van der Waals surface area contributed by atoms with Gasteiger partial charge in [-0.05, 0) is 32.4 Å². The van der Waals surface area contributed by atoms with E-state index < -0.39 is 0 Å². The average molecular weight is 311 g/mol. The molecule has 1 aromatic carbocycles. The molecule has 4 heteroatoms. The Labute approximate surface area is 137 Å². The number of oxazole rings is 1. The van der Waals surface area contributed by atoms with Gasteiger partial charge in [-0.15, -0.1) is 0 Å². The van der Waals surface area contributed by atoms with E-state index in [2.05, 4.69) is 41.3 Å². The smallest absolute Gasteiger partial charge is 0.212 e. The van der Waals surface area contributed by atoms with Crippen LogP contribution in [-0.4, -0.2) is 17.0 Å². The van der Waals surface area contributed by atoms with Gasteiger partial charge in [-0.2, -0.15) is 0 Å². The molecule has 0 spiro atoms. The first-order chi connectivity index (χ1) is 11.1. The van der Waals surface area contributed by atoms with Crippen molar-refractivity contribution in [1.82, 2.24) is 15.3 Å². The zero-order chi connectivity index (χ0) is 16.4. The molecular weight excluding hydrogens is 286 g/mol. The monoisotopic (exact) mass is 311 g/mol. The van der Waals surface area contributed by atoms with Gasteiger partial charge in [0.15, 0.2) is 5.76 Å². The van der Waals surface area contributed by atoms with Gasteiger partial charge in [0.25, 0.3) is 0 Å². The molecule has 0 amide bonds. The zero-order valence-electron chi connectivity index (χ0n) is 14.3. The number of fused-ring (bicyclic) bond motifs is 1. The Kier molecular flexibility index (Phi) is 4.53. The Balaban J connectivity index is 1.97. The summed E-state index contributed by atoms with van der Waals surface area (Å²) in [5, 5.41) is 4.51. The summed E-state index contributed by atoms with van der Waals surface area (Å²) in [5.74, 6) is 2.28. The van der Waals surface area contributed by atoms with Crippen LogP contribution in [0.5, 0.6) is 0 Å². The van der Waals surface area contributed by atoms with Crippen LogP contribution in [0.1, 0.15) is 44.3 Å². The van der Waals surface area contributed by atoms with E-state index in [-0.39, 0.29) is 6.04 Å². The third-order valence-corrected chi connectivity index (χ3v) is 4.63. The number of rotatable bonds is 6. The van der Waals surface area contributed by atoms with E-state index in [1.165, 1.54) is 5.39 Å². The lowest BCUT2D eigenvalue weighted by molar-refractivity contribution is 0.354. The number of aromatic nitrogens is 2. The molecule has 0 aliphatic rings. The summed E-state index contributed by atoms with van der Waals surface area (Å²) in [6, 6.07) is 8.42. The fourth-order valence-corrected chi connectivity index (χ4v) is 2.99. The quantitative estimate of drug-likeness (QED) is 0.685. The van der Waals surface area contributed by atoms with Gasteiger partial charge in [0.05, 0.1) is 11.7 Å². The van der Waals surface area contributed by atoms with Crippen molar-refractivity contribution in [3.8, 4) is 11.3 Å². The van der Waals surface area contributed by atoms with Gasteiger partial charge in [0.2, 0.25) is 5.89 Å². The molecule has 0 aliphatic heterocycles. The molecule has 2 atom stereocenters. The molecule has 122 valence electrons. The Morgan fingerprint density at radius 3 is 2.83 bits per heavy atom.